The first-order valence-corrected chi connectivity index (χ1v) is 30.7. The van der Waals surface area contributed by atoms with Crippen molar-refractivity contribution in [2.24, 2.45) is 44.6 Å². The molecule has 0 fully saturated rings. The Morgan fingerprint density at radius 2 is 1.11 bits per heavy atom. The Balaban J connectivity index is 0. The lowest BCUT2D eigenvalue weighted by Crippen LogP contribution is -2.22. The summed E-state index contributed by atoms with van der Waals surface area (Å²) in [6.07, 6.45) is 3.01. The summed E-state index contributed by atoms with van der Waals surface area (Å²) in [5.74, 6) is 8.35. The number of hydrogen-bond acceptors (Lipinski definition) is 23. The van der Waals surface area contributed by atoms with E-state index in [-0.39, 0.29) is 63.5 Å². The molecule has 0 spiro atoms. The van der Waals surface area contributed by atoms with E-state index in [1.54, 1.807) is 27.1 Å². The molecule has 2 amide bonds. The van der Waals surface area contributed by atoms with E-state index >= 15 is 0 Å². The van der Waals surface area contributed by atoms with Crippen LogP contribution >= 0.6 is 35.2 Å². The molecule has 5 aromatic rings. The zero-order valence-corrected chi connectivity index (χ0v) is 57.6. The van der Waals surface area contributed by atoms with E-state index < -0.39 is 0 Å². The number of carbonyl (C=O) groups is 2. The molecule has 8 rings (SSSR count). The number of aromatic amines is 4. The van der Waals surface area contributed by atoms with Gasteiger partial charge in [0.05, 0.1) is 12.5 Å². The number of hydroxylamine groups is 2. The van der Waals surface area contributed by atoms with Gasteiger partial charge in [0.1, 0.15) is 34.0 Å². The van der Waals surface area contributed by atoms with Crippen LogP contribution in [0.5, 0.6) is 0 Å². The number of carbonyl (C=O) groups excluding carboxylic acids is 2. The first-order valence-electron chi connectivity index (χ1n) is 28.3. The molecule has 0 saturated carbocycles. The summed E-state index contributed by atoms with van der Waals surface area (Å²) in [5, 5.41) is 21.5. The average Bonchev–Trinajstić information content (AvgIpc) is 4.53. The van der Waals surface area contributed by atoms with E-state index in [0.29, 0.717) is 58.4 Å². The lowest BCUT2D eigenvalue weighted by Gasteiger charge is -2.02. The van der Waals surface area contributed by atoms with Crippen LogP contribution in [0.3, 0.4) is 0 Å². The molecule has 29 heteroatoms. The van der Waals surface area contributed by atoms with Crippen molar-refractivity contribution in [3.05, 3.63) is 136 Å². The van der Waals surface area contributed by atoms with Crippen molar-refractivity contribution in [3.8, 4) is 0 Å². The second-order valence-electron chi connectivity index (χ2n) is 21.9. The third-order valence-corrected chi connectivity index (χ3v) is 12.9. The van der Waals surface area contributed by atoms with Crippen molar-refractivity contribution >= 4 is 64.5 Å². The van der Waals surface area contributed by atoms with Gasteiger partial charge in [-0.25, -0.2) is 16.0 Å². The van der Waals surface area contributed by atoms with Crippen molar-refractivity contribution < 1.29 is 28.2 Å². The minimum absolute atomic E-state index is 0.0173. The van der Waals surface area contributed by atoms with Crippen LogP contribution in [0.2, 0.25) is 0 Å². The summed E-state index contributed by atoms with van der Waals surface area (Å²) in [5.41, 5.74) is 7.29. The molecule has 0 radical (unpaired) electrons. The molecular weight excluding hydrogens is 1180 g/mol. The highest BCUT2D eigenvalue weighted by Crippen LogP contribution is 2.20. The molecule has 87 heavy (non-hydrogen) atoms. The van der Waals surface area contributed by atoms with Crippen molar-refractivity contribution in [2.75, 3.05) is 14.1 Å². The molecule has 0 aliphatic carbocycles. The topological polar surface area (TPSA) is 359 Å². The molecule has 0 saturated heterocycles. The van der Waals surface area contributed by atoms with E-state index in [0.717, 1.165) is 50.5 Å². The van der Waals surface area contributed by atoms with Gasteiger partial charge >= 0.3 is 0 Å². The van der Waals surface area contributed by atoms with Gasteiger partial charge in [-0.15, -0.1) is 10.2 Å². The van der Waals surface area contributed by atoms with E-state index in [1.165, 1.54) is 42.1 Å². The van der Waals surface area contributed by atoms with Crippen LogP contribution < -0.4 is 48.4 Å². The zero-order chi connectivity index (χ0) is 67.3. The summed E-state index contributed by atoms with van der Waals surface area (Å²) < 4.78 is 21.9. The maximum absolute atomic E-state index is 11.4. The fraction of sp³-hybridized carbons (Fsp3) is 0.569. The molecule has 8 heterocycles. The summed E-state index contributed by atoms with van der Waals surface area (Å²) in [7, 11) is 3.28. The highest BCUT2D eigenvalue weighted by Gasteiger charge is 2.15. The van der Waals surface area contributed by atoms with Gasteiger partial charge in [0.2, 0.25) is 23.6 Å². The number of nitrogens with one attached hydrogen (secondary N) is 9. The second kappa shape index (κ2) is 43.9. The first kappa shape index (κ1) is 81.4. The molecule has 3 aliphatic heterocycles. The van der Waals surface area contributed by atoms with Crippen LogP contribution in [-0.2, 0) is 19.3 Å². The van der Waals surface area contributed by atoms with E-state index in [9.17, 15) is 28.8 Å². The smallest absolute Gasteiger partial charge is 0.281 e. The van der Waals surface area contributed by atoms with Gasteiger partial charge in [-0.2, -0.15) is 24.7 Å². The number of amides is 2. The Labute approximate surface area is 524 Å². The SMILES string of the molecule is C=C1N=C(C(C)C)NO1.C=C1N=C(C(C)C)NO1.C=C1N=C(C(C)C)NS1.CC(C)c1cc(=O)[nH]o1.CC(C)c1cc(=O)[nH]s1.CC(C)c1nn[nH]n1.CC(C)c1ns[nH]c1=O.CNC(=O)C(C)C.CNC(=O)C(C)C.Cc1cocc(C(C)C)c1=O. The molecule has 5 aromatic heterocycles. The first-order chi connectivity index (χ1) is 40.5. The van der Waals surface area contributed by atoms with Crippen molar-refractivity contribution in [2.45, 2.75) is 175 Å². The standard InChI is InChI=1S/C9H12O2.2C6H10N2O.C6H10N2S.C6H9NO2.C6H9NOS.C5H8N2OS.2C5H11NO.C4H8N4/c1-6(2)8-5-11-4-7(3)9(8)10;3*1-4(2)6-7-5(3)9-8-6;2*1-4(2)5-3-6(8)7-9-5;1-3(2)4-5(8)7-9-6-4;2*1-4(2)5(7)6-3;1-3(2)4-5-7-8-6-4/h4-6H,1-3H3;3*4H,3H2,1-2H3,(H,7,8);2*3-4H,1-2H3,(H,7,8);3H,1-2H3,(H,7,8);2*4H,1-3H3,(H,6,7);3H,1-2H3,(H,5,6,7,8). The summed E-state index contributed by atoms with van der Waals surface area (Å²) in [6, 6.07) is 3.11. The predicted molar refractivity (Wildman–Crippen MR) is 353 cm³/mol. The lowest BCUT2D eigenvalue weighted by atomic mass is 10.0. The third kappa shape index (κ3) is 36.2. The van der Waals surface area contributed by atoms with Crippen LogP contribution in [0.15, 0.2) is 104 Å². The van der Waals surface area contributed by atoms with Gasteiger partial charge in [-0.05, 0) is 31.9 Å². The molecule has 9 N–H and O–H groups in total. The summed E-state index contributed by atoms with van der Waals surface area (Å²) in [6.45, 7) is 52.2. The fourth-order valence-electron chi connectivity index (χ4n) is 5.29. The van der Waals surface area contributed by atoms with Crippen LogP contribution in [0.4, 0.5) is 0 Å². The minimum Gasteiger partial charge on any atom is -0.472 e. The highest BCUT2D eigenvalue weighted by atomic mass is 32.2. The molecule has 0 bridgehead atoms. The van der Waals surface area contributed by atoms with Crippen molar-refractivity contribution in [1.82, 2.24) is 65.2 Å². The van der Waals surface area contributed by atoms with Gasteiger partial charge in [-0.1, -0.05) is 162 Å². The van der Waals surface area contributed by atoms with Gasteiger partial charge in [0.25, 0.3) is 16.7 Å². The Bertz CT molecular complexity index is 2950. The number of aromatic nitrogens is 8. The van der Waals surface area contributed by atoms with Gasteiger partial charge in [0.15, 0.2) is 11.3 Å². The number of nitrogens with zero attached hydrogens (tertiary/aromatic N) is 7. The van der Waals surface area contributed by atoms with E-state index in [1.807, 2.05) is 111 Å². The molecule has 3 aliphatic rings. The molecule has 0 unspecified atom stereocenters. The van der Waals surface area contributed by atoms with Gasteiger partial charge in [-0.3, -0.25) is 37.5 Å². The Kier molecular flexibility index (Phi) is 41.1. The predicted octanol–water partition coefficient (Wildman–Crippen LogP) is 10.6. The Hall–Kier alpha value is -7.66. The number of amidine groups is 3. The zero-order valence-electron chi connectivity index (χ0n) is 55.1. The van der Waals surface area contributed by atoms with Crippen LogP contribution in [0, 0.1) is 36.5 Å². The second-order valence-corrected chi connectivity index (χ2v) is 24.2. The summed E-state index contributed by atoms with van der Waals surface area (Å²) in [4.78, 5) is 86.7. The number of rotatable bonds is 10. The highest BCUT2D eigenvalue weighted by molar-refractivity contribution is 8.02. The van der Waals surface area contributed by atoms with Gasteiger partial charge in [0, 0.05) is 113 Å². The maximum Gasteiger partial charge on any atom is 0.281 e. The Morgan fingerprint density at radius 1 is 0.598 bits per heavy atom. The summed E-state index contributed by atoms with van der Waals surface area (Å²) >= 11 is 4.01. The lowest BCUT2D eigenvalue weighted by molar-refractivity contribution is -0.124. The van der Waals surface area contributed by atoms with Crippen LogP contribution in [0.25, 0.3) is 0 Å². The van der Waals surface area contributed by atoms with Crippen LogP contribution in [-0.4, -0.2) is 82.3 Å². The third-order valence-electron chi connectivity index (χ3n) is 10.6. The largest absolute Gasteiger partial charge is 0.472 e. The number of aryl methyl sites for hydroxylation is 1. The molecule has 0 aromatic carbocycles. The number of H-pyrrole nitrogens is 4. The van der Waals surface area contributed by atoms with Crippen molar-refractivity contribution in [1.29, 1.82) is 0 Å². The van der Waals surface area contributed by atoms with E-state index in [4.69, 9.17) is 18.6 Å². The van der Waals surface area contributed by atoms with Crippen LogP contribution in [0.1, 0.15) is 201 Å². The maximum atomic E-state index is 11.4. The normalized spacial score (nSPS) is 12.5. The monoisotopic (exact) mass is 1270 g/mol. The molecule has 26 nitrogen and oxygen atoms in total. The van der Waals surface area contributed by atoms with Crippen molar-refractivity contribution in [3.63, 3.8) is 0 Å². The number of tetrazole rings is 1. The Morgan fingerprint density at radius 3 is 1.31 bits per heavy atom. The number of hydrogen-bond donors (Lipinski definition) is 9. The fourth-order valence-corrected chi connectivity index (χ4v) is 7.24. The molecular formula is C58H98N16O10S3. The number of aliphatic imine (C=N–C) groups is 3. The minimum atomic E-state index is -0.168. The molecule has 0 atom stereocenters. The van der Waals surface area contributed by atoms with Gasteiger partial charge < -0.3 is 34.0 Å². The van der Waals surface area contributed by atoms with E-state index in [2.05, 4.69) is 128 Å². The quantitative estimate of drug-likeness (QED) is 0.0587. The molecule has 488 valence electrons. The average molecular weight is 1280 g/mol.